The topological polar surface area (TPSA) is 38.3 Å². The molecule has 0 saturated heterocycles. The molecule has 0 aliphatic rings. The zero-order valence-corrected chi connectivity index (χ0v) is 16.4. The maximum Gasteiger partial charge on any atom is 0.573 e. The first-order valence-corrected chi connectivity index (χ1v) is 9.32. The van der Waals surface area contributed by atoms with Crippen LogP contribution < -0.4 is 10.1 Å². The zero-order valence-electron chi connectivity index (χ0n) is 15.6. The molecule has 0 aliphatic heterocycles. The van der Waals surface area contributed by atoms with E-state index in [4.69, 9.17) is 0 Å². The summed E-state index contributed by atoms with van der Waals surface area (Å²) in [7, 11) is 0. The Morgan fingerprint density at radius 2 is 1.70 bits per heavy atom. The number of rotatable bonds is 5. The van der Waals surface area contributed by atoms with Gasteiger partial charge >= 0.3 is 6.36 Å². The molecule has 0 saturated carbocycles. The van der Waals surface area contributed by atoms with Gasteiger partial charge in [0.2, 0.25) is 5.91 Å². The lowest BCUT2D eigenvalue weighted by Gasteiger charge is -2.20. The minimum absolute atomic E-state index is 0.0193. The first-order valence-electron chi connectivity index (χ1n) is 8.34. The second-order valence-electron chi connectivity index (χ2n) is 7.14. The van der Waals surface area contributed by atoms with Crippen molar-refractivity contribution < 1.29 is 22.7 Å². The van der Waals surface area contributed by atoms with E-state index in [-0.39, 0.29) is 22.8 Å². The second kappa shape index (κ2) is 8.25. The van der Waals surface area contributed by atoms with Gasteiger partial charge in [-0.3, -0.25) is 4.79 Å². The van der Waals surface area contributed by atoms with Gasteiger partial charge in [0.05, 0.1) is 5.75 Å². The van der Waals surface area contributed by atoms with E-state index in [1.54, 1.807) is 0 Å². The summed E-state index contributed by atoms with van der Waals surface area (Å²) in [6.07, 6.45) is -4.74. The van der Waals surface area contributed by atoms with E-state index in [0.29, 0.717) is 5.69 Å². The van der Waals surface area contributed by atoms with E-state index in [1.807, 2.05) is 13.0 Å². The lowest BCUT2D eigenvalue weighted by atomic mass is 9.87. The zero-order chi connectivity index (χ0) is 20.2. The third-order valence-corrected chi connectivity index (χ3v) is 4.94. The molecule has 0 fully saturated rings. The van der Waals surface area contributed by atoms with E-state index < -0.39 is 6.36 Å². The number of amides is 1. The average molecular weight is 397 g/mol. The Labute approximate surface area is 161 Å². The minimum Gasteiger partial charge on any atom is -0.406 e. The van der Waals surface area contributed by atoms with Crippen molar-refractivity contribution in [2.75, 3.05) is 11.1 Å². The third kappa shape index (κ3) is 6.82. The van der Waals surface area contributed by atoms with Gasteiger partial charge < -0.3 is 10.1 Å². The van der Waals surface area contributed by atoms with Crippen LogP contribution in [-0.4, -0.2) is 18.0 Å². The number of aryl methyl sites for hydroxylation is 1. The predicted octanol–water partition coefficient (Wildman–Crippen LogP) is 5.92. The van der Waals surface area contributed by atoms with Crippen LogP contribution in [0.3, 0.4) is 0 Å². The van der Waals surface area contributed by atoms with Gasteiger partial charge in [-0.1, -0.05) is 32.9 Å². The number of thioether (sulfide) groups is 1. The largest absolute Gasteiger partial charge is 0.573 e. The van der Waals surface area contributed by atoms with Gasteiger partial charge in [0, 0.05) is 10.6 Å². The third-order valence-electron chi connectivity index (χ3n) is 3.78. The highest BCUT2D eigenvalue weighted by atomic mass is 32.2. The lowest BCUT2D eigenvalue weighted by Crippen LogP contribution is -2.17. The molecule has 3 nitrogen and oxygen atoms in total. The van der Waals surface area contributed by atoms with Crippen molar-refractivity contribution in [3.63, 3.8) is 0 Å². The SMILES string of the molecule is Cc1ccc(C(C)(C)C)cc1SCC(=O)Nc1ccc(OC(F)(F)F)cc1. The second-order valence-corrected chi connectivity index (χ2v) is 8.16. The number of carbonyl (C=O) groups is 1. The Hall–Kier alpha value is -2.15. The van der Waals surface area contributed by atoms with Gasteiger partial charge in [0.15, 0.2) is 0 Å². The first-order chi connectivity index (χ1) is 12.4. The molecule has 7 heteroatoms. The normalized spacial score (nSPS) is 12.0. The van der Waals surface area contributed by atoms with Crippen LogP contribution in [0.25, 0.3) is 0 Å². The summed E-state index contributed by atoms with van der Waals surface area (Å²) in [4.78, 5) is 13.2. The van der Waals surface area contributed by atoms with E-state index >= 15 is 0 Å². The van der Waals surface area contributed by atoms with Gasteiger partial charge in [0.1, 0.15) is 5.75 Å². The highest BCUT2D eigenvalue weighted by Gasteiger charge is 2.30. The fourth-order valence-corrected chi connectivity index (χ4v) is 3.17. The molecule has 0 heterocycles. The Bertz CT molecular complexity index is 796. The van der Waals surface area contributed by atoms with Crippen LogP contribution in [0.15, 0.2) is 47.4 Å². The summed E-state index contributed by atoms with van der Waals surface area (Å²) in [6, 6.07) is 11.3. The number of halogens is 3. The Morgan fingerprint density at radius 1 is 1.07 bits per heavy atom. The standard InChI is InChI=1S/C20H22F3NO2S/c1-13-5-6-14(19(2,3)4)11-17(13)27-12-18(25)24-15-7-9-16(10-8-15)26-20(21,22)23/h5-11H,12H2,1-4H3,(H,24,25). The summed E-state index contributed by atoms with van der Waals surface area (Å²) in [5.41, 5.74) is 2.71. The van der Waals surface area contributed by atoms with Crippen LogP contribution in [0, 0.1) is 6.92 Å². The van der Waals surface area contributed by atoms with Crippen molar-refractivity contribution in [3.8, 4) is 5.75 Å². The first kappa shape index (κ1) is 21.2. The van der Waals surface area contributed by atoms with Gasteiger partial charge in [-0.2, -0.15) is 0 Å². The molecule has 0 unspecified atom stereocenters. The van der Waals surface area contributed by atoms with Crippen molar-refractivity contribution in [2.45, 2.75) is 44.4 Å². The highest BCUT2D eigenvalue weighted by Crippen LogP contribution is 2.30. The number of benzene rings is 2. The lowest BCUT2D eigenvalue weighted by molar-refractivity contribution is -0.274. The number of nitrogens with one attached hydrogen (secondary N) is 1. The molecule has 1 amide bonds. The average Bonchev–Trinajstić information content (AvgIpc) is 2.53. The summed E-state index contributed by atoms with van der Waals surface area (Å²) in [5, 5.41) is 2.67. The number of hydrogen-bond donors (Lipinski definition) is 1. The number of alkyl halides is 3. The molecule has 0 bridgehead atoms. The predicted molar refractivity (Wildman–Crippen MR) is 102 cm³/mol. The molecule has 0 spiro atoms. The fourth-order valence-electron chi connectivity index (χ4n) is 2.30. The quantitative estimate of drug-likeness (QED) is 0.636. The van der Waals surface area contributed by atoms with E-state index in [1.165, 1.54) is 29.5 Å². The van der Waals surface area contributed by atoms with Crippen LogP contribution >= 0.6 is 11.8 Å². The van der Waals surface area contributed by atoms with Crippen LogP contribution in [0.2, 0.25) is 0 Å². The summed E-state index contributed by atoms with van der Waals surface area (Å²) in [6.45, 7) is 8.38. The number of hydrogen-bond acceptors (Lipinski definition) is 3. The van der Waals surface area contributed by atoms with Gasteiger partial charge in [-0.15, -0.1) is 24.9 Å². The van der Waals surface area contributed by atoms with Crippen molar-refractivity contribution in [1.82, 2.24) is 0 Å². The smallest absolute Gasteiger partial charge is 0.406 e. The monoisotopic (exact) mass is 397 g/mol. The van der Waals surface area contributed by atoms with Crippen LogP contribution in [0.5, 0.6) is 5.75 Å². The summed E-state index contributed by atoms with van der Waals surface area (Å²) >= 11 is 1.43. The highest BCUT2D eigenvalue weighted by molar-refractivity contribution is 8.00. The molecule has 2 rings (SSSR count). The van der Waals surface area contributed by atoms with Crippen LogP contribution in [0.1, 0.15) is 31.9 Å². The van der Waals surface area contributed by atoms with Crippen molar-refractivity contribution in [2.24, 2.45) is 0 Å². The number of anilines is 1. The maximum atomic E-state index is 12.2. The maximum absolute atomic E-state index is 12.2. The molecule has 27 heavy (non-hydrogen) atoms. The molecule has 0 atom stereocenters. The van der Waals surface area contributed by atoms with E-state index in [0.717, 1.165) is 22.6 Å². The van der Waals surface area contributed by atoms with Gasteiger partial charge in [-0.05, 0) is 53.8 Å². The molecular weight excluding hydrogens is 375 g/mol. The molecule has 0 radical (unpaired) electrons. The molecular formula is C20H22F3NO2S. The number of ether oxygens (including phenoxy) is 1. The van der Waals surface area contributed by atoms with Gasteiger partial charge in [-0.25, -0.2) is 0 Å². The van der Waals surface area contributed by atoms with Crippen LogP contribution in [-0.2, 0) is 10.2 Å². The summed E-state index contributed by atoms with van der Waals surface area (Å²) in [5.74, 6) is -0.357. The van der Waals surface area contributed by atoms with Gasteiger partial charge in [0.25, 0.3) is 0 Å². The fraction of sp³-hybridized carbons (Fsp3) is 0.350. The molecule has 2 aromatic rings. The van der Waals surface area contributed by atoms with Crippen LogP contribution in [0.4, 0.5) is 18.9 Å². The molecule has 0 aromatic heterocycles. The Kier molecular flexibility index (Phi) is 6.46. The van der Waals surface area contributed by atoms with Crippen molar-refractivity contribution in [1.29, 1.82) is 0 Å². The van der Waals surface area contributed by atoms with E-state index in [2.05, 4.69) is 43.0 Å². The minimum atomic E-state index is -4.74. The van der Waals surface area contributed by atoms with Crippen molar-refractivity contribution in [3.05, 3.63) is 53.6 Å². The van der Waals surface area contributed by atoms with E-state index in [9.17, 15) is 18.0 Å². The summed E-state index contributed by atoms with van der Waals surface area (Å²) < 4.78 is 40.3. The molecule has 146 valence electrons. The molecule has 1 N–H and O–H groups in total. The molecule has 2 aromatic carbocycles. The number of carbonyl (C=O) groups excluding carboxylic acids is 1. The Morgan fingerprint density at radius 3 is 2.26 bits per heavy atom. The Balaban J connectivity index is 1.95. The molecule has 0 aliphatic carbocycles. The van der Waals surface area contributed by atoms with Crippen molar-refractivity contribution >= 4 is 23.4 Å².